The molecule has 0 aromatic carbocycles. The zero-order valence-electron chi connectivity index (χ0n) is 10.1. The second kappa shape index (κ2) is 6.97. The van der Waals surface area contributed by atoms with E-state index < -0.39 is 0 Å². The van der Waals surface area contributed by atoms with Crippen LogP contribution < -0.4 is 15.4 Å². The summed E-state index contributed by atoms with van der Waals surface area (Å²) in [6.45, 7) is 2.55. The fraction of sp³-hybridized carbons (Fsp3) is 0.500. The minimum atomic E-state index is 0.128. The standard InChI is InChI=1S/C10H16N4O2S/c1-7(5-15-2)13-10(17)14-8-4-9(16-3)12-6-11-8/h4,6-7H,5H2,1-3H3,(H2,11,12,13,14,17). The average Bonchev–Trinajstić information content (AvgIpc) is 2.29. The lowest BCUT2D eigenvalue weighted by molar-refractivity contribution is 0.179. The summed E-state index contributed by atoms with van der Waals surface area (Å²) in [5.74, 6) is 1.06. The molecule has 0 amide bonds. The van der Waals surface area contributed by atoms with Gasteiger partial charge in [0.25, 0.3) is 0 Å². The topological polar surface area (TPSA) is 68.3 Å². The van der Waals surface area contributed by atoms with Crippen LogP contribution in [0.2, 0.25) is 0 Å². The molecule has 1 rings (SSSR count). The highest BCUT2D eigenvalue weighted by atomic mass is 32.1. The van der Waals surface area contributed by atoms with Crippen LogP contribution in [0, 0.1) is 0 Å². The Kier molecular flexibility index (Phi) is 5.58. The van der Waals surface area contributed by atoms with Gasteiger partial charge in [0.1, 0.15) is 12.1 Å². The predicted octanol–water partition coefficient (Wildman–Crippen LogP) is 0.806. The van der Waals surface area contributed by atoms with Crippen LogP contribution in [0.1, 0.15) is 6.92 Å². The fourth-order valence-corrected chi connectivity index (χ4v) is 1.49. The van der Waals surface area contributed by atoms with E-state index in [9.17, 15) is 0 Å². The first-order chi connectivity index (χ1) is 8.15. The van der Waals surface area contributed by atoms with Crippen molar-refractivity contribution in [2.45, 2.75) is 13.0 Å². The van der Waals surface area contributed by atoms with E-state index >= 15 is 0 Å². The molecule has 0 saturated heterocycles. The molecule has 6 nitrogen and oxygen atoms in total. The molecule has 94 valence electrons. The minimum absolute atomic E-state index is 0.128. The maximum Gasteiger partial charge on any atom is 0.218 e. The Morgan fingerprint density at radius 3 is 2.88 bits per heavy atom. The van der Waals surface area contributed by atoms with Crippen molar-refractivity contribution in [3.8, 4) is 5.88 Å². The quantitative estimate of drug-likeness (QED) is 0.755. The molecule has 0 aliphatic rings. The number of anilines is 1. The summed E-state index contributed by atoms with van der Waals surface area (Å²) in [6.07, 6.45) is 1.41. The Hall–Kier alpha value is -1.47. The molecule has 17 heavy (non-hydrogen) atoms. The third-order valence-electron chi connectivity index (χ3n) is 1.89. The van der Waals surface area contributed by atoms with Crippen molar-refractivity contribution in [2.24, 2.45) is 0 Å². The normalized spacial score (nSPS) is 11.7. The van der Waals surface area contributed by atoms with E-state index in [1.54, 1.807) is 20.3 Å². The summed E-state index contributed by atoms with van der Waals surface area (Å²) in [4.78, 5) is 7.92. The van der Waals surface area contributed by atoms with Gasteiger partial charge in [-0.1, -0.05) is 0 Å². The molecule has 0 aliphatic carbocycles. The van der Waals surface area contributed by atoms with E-state index in [-0.39, 0.29) is 6.04 Å². The Labute approximate surface area is 106 Å². The van der Waals surface area contributed by atoms with Crippen LogP contribution in [0.25, 0.3) is 0 Å². The minimum Gasteiger partial charge on any atom is -0.481 e. The van der Waals surface area contributed by atoms with E-state index in [0.717, 1.165) is 0 Å². The third-order valence-corrected chi connectivity index (χ3v) is 2.11. The number of hydrogen-bond donors (Lipinski definition) is 2. The van der Waals surface area contributed by atoms with Crippen molar-refractivity contribution >= 4 is 23.1 Å². The highest BCUT2D eigenvalue weighted by Crippen LogP contribution is 2.09. The van der Waals surface area contributed by atoms with E-state index in [1.165, 1.54) is 6.33 Å². The zero-order chi connectivity index (χ0) is 12.7. The molecule has 0 radical (unpaired) electrons. The Morgan fingerprint density at radius 1 is 1.47 bits per heavy atom. The summed E-state index contributed by atoms with van der Waals surface area (Å²) in [6, 6.07) is 1.79. The molecular formula is C10H16N4O2S. The maximum absolute atomic E-state index is 5.13. The molecule has 1 heterocycles. The number of aromatic nitrogens is 2. The Bertz CT molecular complexity index is 375. The van der Waals surface area contributed by atoms with Gasteiger partial charge in [-0.2, -0.15) is 0 Å². The summed E-state index contributed by atoms with van der Waals surface area (Å²) in [7, 11) is 3.19. The Balaban J connectivity index is 2.49. The summed E-state index contributed by atoms with van der Waals surface area (Å²) < 4.78 is 9.98. The van der Waals surface area contributed by atoms with Crippen LogP contribution >= 0.6 is 12.2 Å². The van der Waals surface area contributed by atoms with Crippen molar-refractivity contribution in [1.29, 1.82) is 0 Å². The third kappa shape index (κ3) is 4.92. The van der Waals surface area contributed by atoms with Crippen LogP contribution in [0.15, 0.2) is 12.4 Å². The van der Waals surface area contributed by atoms with Crippen LogP contribution in [-0.2, 0) is 4.74 Å². The smallest absolute Gasteiger partial charge is 0.218 e. The number of ether oxygens (including phenoxy) is 2. The van der Waals surface area contributed by atoms with E-state index in [1.807, 2.05) is 6.92 Å². The number of nitrogens with one attached hydrogen (secondary N) is 2. The Morgan fingerprint density at radius 2 is 2.24 bits per heavy atom. The van der Waals surface area contributed by atoms with Crippen molar-refractivity contribution in [2.75, 3.05) is 26.1 Å². The summed E-state index contributed by atoms with van der Waals surface area (Å²) in [5, 5.41) is 6.48. The van der Waals surface area contributed by atoms with Gasteiger partial charge < -0.3 is 20.1 Å². The van der Waals surface area contributed by atoms with Gasteiger partial charge >= 0.3 is 0 Å². The molecule has 1 aromatic rings. The van der Waals surface area contributed by atoms with Gasteiger partial charge in [-0.05, 0) is 19.1 Å². The largest absolute Gasteiger partial charge is 0.481 e. The van der Waals surface area contributed by atoms with Crippen molar-refractivity contribution < 1.29 is 9.47 Å². The molecule has 0 aliphatic heterocycles. The summed E-state index contributed by atoms with van der Waals surface area (Å²) in [5.41, 5.74) is 0. The van der Waals surface area contributed by atoms with Crippen molar-refractivity contribution in [3.63, 3.8) is 0 Å². The lowest BCUT2D eigenvalue weighted by Gasteiger charge is -2.15. The number of hydrogen-bond acceptors (Lipinski definition) is 5. The fourth-order valence-electron chi connectivity index (χ4n) is 1.19. The summed E-state index contributed by atoms with van der Waals surface area (Å²) >= 11 is 5.13. The molecule has 0 saturated carbocycles. The van der Waals surface area contributed by atoms with Crippen LogP contribution in [0.3, 0.4) is 0 Å². The van der Waals surface area contributed by atoms with Gasteiger partial charge in [-0.25, -0.2) is 9.97 Å². The van der Waals surface area contributed by atoms with Gasteiger partial charge in [0, 0.05) is 19.2 Å². The van der Waals surface area contributed by atoms with Crippen LogP contribution in [-0.4, -0.2) is 41.9 Å². The lowest BCUT2D eigenvalue weighted by atomic mass is 10.4. The van der Waals surface area contributed by atoms with E-state index in [0.29, 0.717) is 23.4 Å². The molecule has 0 spiro atoms. The number of methoxy groups -OCH3 is 2. The highest BCUT2D eigenvalue weighted by molar-refractivity contribution is 7.80. The predicted molar refractivity (Wildman–Crippen MR) is 69.3 cm³/mol. The number of nitrogens with zero attached hydrogens (tertiary/aromatic N) is 2. The molecule has 1 aromatic heterocycles. The van der Waals surface area contributed by atoms with Crippen LogP contribution in [0.5, 0.6) is 5.88 Å². The van der Waals surface area contributed by atoms with Gasteiger partial charge in [0.2, 0.25) is 5.88 Å². The van der Waals surface area contributed by atoms with E-state index in [2.05, 4.69) is 20.6 Å². The molecule has 0 fully saturated rings. The highest BCUT2D eigenvalue weighted by Gasteiger charge is 2.05. The first-order valence-corrected chi connectivity index (χ1v) is 5.49. The average molecular weight is 256 g/mol. The number of thiocarbonyl (C=S) groups is 1. The van der Waals surface area contributed by atoms with Gasteiger partial charge in [-0.15, -0.1) is 0 Å². The van der Waals surface area contributed by atoms with Crippen molar-refractivity contribution in [3.05, 3.63) is 12.4 Å². The monoisotopic (exact) mass is 256 g/mol. The maximum atomic E-state index is 5.13. The van der Waals surface area contributed by atoms with Crippen molar-refractivity contribution in [1.82, 2.24) is 15.3 Å². The first-order valence-electron chi connectivity index (χ1n) is 5.08. The lowest BCUT2D eigenvalue weighted by Crippen LogP contribution is -2.38. The molecule has 1 unspecified atom stereocenters. The SMILES string of the molecule is COCC(C)NC(=S)Nc1cc(OC)ncn1. The van der Waals surface area contributed by atoms with Gasteiger partial charge in [0.15, 0.2) is 5.11 Å². The molecule has 1 atom stereocenters. The first kappa shape index (κ1) is 13.6. The zero-order valence-corrected chi connectivity index (χ0v) is 10.9. The number of rotatable bonds is 5. The molecular weight excluding hydrogens is 240 g/mol. The van der Waals surface area contributed by atoms with Gasteiger partial charge in [0.05, 0.1) is 13.7 Å². The van der Waals surface area contributed by atoms with E-state index in [4.69, 9.17) is 21.7 Å². The second-order valence-electron chi connectivity index (χ2n) is 3.40. The van der Waals surface area contributed by atoms with Crippen LogP contribution in [0.4, 0.5) is 5.82 Å². The molecule has 2 N–H and O–H groups in total. The molecule has 0 bridgehead atoms. The second-order valence-corrected chi connectivity index (χ2v) is 3.81. The molecule has 7 heteroatoms. The van der Waals surface area contributed by atoms with Gasteiger partial charge in [-0.3, -0.25) is 0 Å².